The predicted octanol–water partition coefficient (Wildman–Crippen LogP) is 3.88. The molecule has 1 N–H and O–H groups in total. The van der Waals surface area contributed by atoms with Crippen LogP contribution in [0.5, 0.6) is 0 Å². The molecule has 2 amide bonds. The van der Waals surface area contributed by atoms with E-state index < -0.39 is 5.92 Å². The first kappa shape index (κ1) is 25.9. The molecule has 166 valence electrons. The maximum atomic E-state index is 13.0. The van der Waals surface area contributed by atoms with Crippen molar-refractivity contribution in [2.75, 3.05) is 14.1 Å². The number of carbonyl (C=O) groups is 2. The smallest absolute Gasteiger partial charge is 0.276 e. The second kappa shape index (κ2) is 11.9. The Bertz CT molecular complexity index is 666. The van der Waals surface area contributed by atoms with Gasteiger partial charge in [-0.05, 0) is 39.3 Å². The maximum Gasteiger partial charge on any atom is 0.276 e. The van der Waals surface area contributed by atoms with E-state index in [9.17, 15) is 9.59 Å². The summed E-state index contributed by atoms with van der Waals surface area (Å²) in [5, 5.41) is 11.5. The summed E-state index contributed by atoms with van der Waals surface area (Å²) in [5.41, 5.74) is 0. The minimum Gasteiger partial charge on any atom is -0.415 e. The molecule has 0 aliphatic heterocycles. The summed E-state index contributed by atoms with van der Waals surface area (Å²) in [4.78, 5) is 27.9. The number of thioether (sulfide) groups is 1. The molecule has 0 aromatic carbocycles. The Morgan fingerprint density at radius 2 is 1.83 bits per heavy atom. The second-order valence-corrected chi connectivity index (χ2v) is 10.1. The first-order valence-corrected chi connectivity index (χ1v) is 11.1. The molecule has 0 saturated heterocycles. The van der Waals surface area contributed by atoms with E-state index in [4.69, 9.17) is 4.42 Å². The number of hydrogen-bond donors (Lipinski definition) is 1. The highest BCUT2D eigenvalue weighted by atomic mass is 35.5. The van der Waals surface area contributed by atoms with Crippen LogP contribution in [0.3, 0.4) is 0 Å². The molecule has 1 heterocycles. The van der Waals surface area contributed by atoms with Gasteiger partial charge in [0.1, 0.15) is 5.92 Å². The Kier molecular flexibility index (Phi) is 10.6. The summed E-state index contributed by atoms with van der Waals surface area (Å²) >= 11 is 1.46. The third-order valence-corrected chi connectivity index (χ3v) is 5.89. The average Bonchev–Trinajstić information content (AvgIpc) is 3.06. The SMILES string of the molecule is CC(C)C[C@H](C(=O)NC(=O)[C@@H]1CCCC[C@@H]1N(C)C)c1nnc(SC(C)C)o1.Cl. The molecule has 3 atom stereocenters. The normalized spacial score (nSPS) is 20.6. The molecule has 1 saturated carbocycles. The molecule has 1 aromatic rings. The zero-order valence-corrected chi connectivity index (χ0v) is 19.9. The molecular weight excluding hydrogens is 412 g/mol. The first-order valence-electron chi connectivity index (χ1n) is 10.2. The molecule has 9 heteroatoms. The molecule has 0 radical (unpaired) electrons. The van der Waals surface area contributed by atoms with Crippen molar-refractivity contribution < 1.29 is 14.0 Å². The van der Waals surface area contributed by atoms with E-state index >= 15 is 0 Å². The van der Waals surface area contributed by atoms with Gasteiger partial charge in [0.25, 0.3) is 5.22 Å². The highest BCUT2D eigenvalue weighted by Crippen LogP contribution is 2.30. The van der Waals surface area contributed by atoms with E-state index in [1.807, 2.05) is 41.8 Å². The summed E-state index contributed by atoms with van der Waals surface area (Å²) in [6.45, 7) is 8.14. The molecule has 7 nitrogen and oxygen atoms in total. The molecule has 1 aliphatic rings. The Hall–Kier alpha value is -1.12. The molecule has 1 aliphatic carbocycles. The van der Waals surface area contributed by atoms with E-state index in [-0.39, 0.29) is 48.0 Å². The Balaban J connectivity index is 0.00000420. The lowest BCUT2D eigenvalue weighted by molar-refractivity contribution is -0.135. The number of nitrogens with one attached hydrogen (secondary N) is 1. The quantitative estimate of drug-likeness (QED) is 0.606. The third-order valence-electron chi connectivity index (χ3n) is 5.06. The van der Waals surface area contributed by atoms with Gasteiger partial charge in [-0.3, -0.25) is 14.9 Å². The minimum atomic E-state index is -0.612. The maximum absolute atomic E-state index is 13.0. The average molecular weight is 447 g/mol. The number of imide groups is 1. The summed E-state index contributed by atoms with van der Waals surface area (Å²) in [7, 11) is 3.98. The first-order chi connectivity index (χ1) is 13.2. The van der Waals surface area contributed by atoms with E-state index in [1.54, 1.807) is 0 Å². The van der Waals surface area contributed by atoms with Crippen molar-refractivity contribution in [2.24, 2.45) is 11.8 Å². The van der Waals surface area contributed by atoms with E-state index in [2.05, 4.69) is 20.4 Å². The molecule has 0 unspecified atom stereocenters. The summed E-state index contributed by atoms with van der Waals surface area (Å²) < 4.78 is 5.73. The molecule has 1 aromatic heterocycles. The van der Waals surface area contributed by atoms with Crippen molar-refractivity contribution in [3.05, 3.63) is 5.89 Å². The Morgan fingerprint density at radius 1 is 1.17 bits per heavy atom. The van der Waals surface area contributed by atoms with Crippen molar-refractivity contribution >= 4 is 36.0 Å². The van der Waals surface area contributed by atoms with Gasteiger partial charge in [0.05, 0.1) is 5.92 Å². The molecule has 0 bridgehead atoms. The van der Waals surface area contributed by atoms with Crippen LogP contribution >= 0.6 is 24.2 Å². The molecule has 0 spiro atoms. The highest BCUT2D eigenvalue weighted by Gasteiger charge is 2.35. The number of halogens is 1. The summed E-state index contributed by atoms with van der Waals surface area (Å²) in [6, 6.07) is 0.169. The predicted molar refractivity (Wildman–Crippen MR) is 117 cm³/mol. The van der Waals surface area contributed by atoms with Crippen LogP contribution in [0.1, 0.15) is 71.6 Å². The summed E-state index contributed by atoms with van der Waals surface area (Å²) in [5.74, 6) is -0.764. The lowest BCUT2D eigenvalue weighted by Gasteiger charge is -2.35. The second-order valence-electron chi connectivity index (χ2n) is 8.53. The largest absolute Gasteiger partial charge is 0.415 e. The lowest BCUT2D eigenvalue weighted by Crippen LogP contribution is -2.48. The van der Waals surface area contributed by atoms with Crippen molar-refractivity contribution in [3.63, 3.8) is 0 Å². The Morgan fingerprint density at radius 3 is 2.41 bits per heavy atom. The topological polar surface area (TPSA) is 88.3 Å². The van der Waals surface area contributed by atoms with Crippen LogP contribution in [0.25, 0.3) is 0 Å². The fourth-order valence-electron chi connectivity index (χ4n) is 3.74. The van der Waals surface area contributed by atoms with Gasteiger partial charge in [0, 0.05) is 11.3 Å². The van der Waals surface area contributed by atoms with Crippen molar-refractivity contribution in [1.29, 1.82) is 0 Å². The fraction of sp³-hybridized carbons (Fsp3) is 0.800. The van der Waals surface area contributed by atoms with Crippen LogP contribution in [0.4, 0.5) is 0 Å². The standard InChI is InChI=1S/C20H34N4O3S.ClH/c1-12(2)11-15(19-22-23-20(27-19)28-13(3)4)18(26)21-17(25)14-9-7-8-10-16(14)24(5)6;/h12-16H,7-11H2,1-6H3,(H,21,25,26);1H/t14-,15-,16+;/m1./s1. The van der Waals surface area contributed by atoms with Gasteiger partial charge in [-0.2, -0.15) is 0 Å². The van der Waals surface area contributed by atoms with Gasteiger partial charge in [-0.1, -0.05) is 52.3 Å². The molecule has 1 fully saturated rings. The highest BCUT2D eigenvalue weighted by molar-refractivity contribution is 7.99. The zero-order chi connectivity index (χ0) is 20.8. The van der Waals surface area contributed by atoms with Crippen LogP contribution in [0, 0.1) is 11.8 Å². The summed E-state index contributed by atoms with van der Waals surface area (Å²) in [6.07, 6.45) is 4.48. The fourth-order valence-corrected chi connectivity index (χ4v) is 4.36. The zero-order valence-electron chi connectivity index (χ0n) is 18.3. The van der Waals surface area contributed by atoms with Crippen molar-refractivity contribution in [2.45, 2.75) is 82.2 Å². The number of aromatic nitrogens is 2. The number of nitrogens with zero attached hydrogens (tertiary/aromatic N) is 3. The van der Waals surface area contributed by atoms with Gasteiger partial charge in [0.2, 0.25) is 17.7 Å². The van der Waals surface area contributed by atoms with Gasteiger partial charge in [0.15, 0.2) is 0 Å². The van der Waals surface area contributed by atoms with E-state index in [0.29, 0.717) is 16.9 Å². The minimum absolute atomic E-state index is 0. The van der Waals surface area contributed by atoms with Crippen LogP contribution in [-0.4, -0.2) is 52.3 Å². The van der Waals surface area contributed by atoms with Crippen LogP contribution in [0.2, 0.25) is 0 Å². The van der Waals surface area contributed by atoms with Crippen LogP contribution in [0.15, 0.2) is 9.64 Å². The lowest BCUT2D eigenvalue weighted by atomic mass is 9.83. The monoisotopic (exact) mass is 446 g/mol. The molecular formula is C20H35ClN4O3S. The number of rotatable bonds is 8. The van der Waals surface area contributed by atoms with Crippen molar-refractivity contribution in [3.8, 4) is 0 Å². The molecule has 29 heavy (non-hydrogen) atoms. The number of amides is 2. The van der Waals surface area contributed by atoms with Crippen molar-refractivity contribution in [1.82, 2.24) is 20.4 Å². The Labute approximate surface area is 184 Å². The van der Waals surface area contributed by atoms with E-state index in [0.717, 1.165) is 25.7 Å². The number of carbonyl (C=O) groups excluding carboxylic acids is 2. The van der Waals surface area contributed by atoms with Gasteiger partial charge < -0.3 is 9.32 Å². The van der Waals surface area contributed by atoms with Gasteiger partial charge in [-0.15, -0.1) is 22.6 Å². The van der Waals surface area contributed by atoms with E-state index in [1.165, 1.54) is 11.8 Å². The number of hydrogen-bond acceptors (Lipinski definition) is 7. The van der Waals surface area contributed by atoms with Gasteiger partial charge >= 0.3 is 0 Å². The van der Waals surface area contributed by atoms with Crippen LogP contribution in [-0.2, 0) is 9.59 Å². The molecule has 2 rings (SSSR count). The van der Waals surface area contributed by atoms with Gasteiger partial charge in [-0.25, -0.2) is 0 Å². The van der Waals surface area contributed by atoms with Crippen LogP contribution < -0.4 is 5.32 Å². The third kappa shape index (κ3) is 7.57.